The van der Waals surface area contributed by atoms with Crippen LogP contribution < -0.4 is 0 Å². The van der Waals surface area contributed by atoms with Gasteiger partial charge in [-0.2, -0.15) is 146 Å². The normalized spacial score (nSPS) is 12.3. The molecule has 0 heterocycles. The summed E-state index contributed by atoms with van der Waals surface area (Å²) in [6.45, 7) is 9.51. The minimum absolute atomic E-state index is 0.404. The molecule has 0 saturated carbocycles. The van der Waals surface area contributed by atoms with E-state index in [2.05, 4.69) is 75.8 Å². The van der Waals surface area contributed by atoms with Crippen molar-refractivity contribution >= 4 is 146 Å². The Morgan fingerprint density at radius 1 is 0.222 bits per heavy atom. The molecule has 0 aliphatic heterocycles. The Hall–Kier alpha value is 3.88. The minimum atomic E-state index is -0.404. The standard InChI is InChI=1S/C43H88O8S12/c52-16-28-58-22-2-10-46-36-42(37-47-11-3-23-59-29-17-53,38-48-12-4-24-60-30-18-54)34-44-8-1-9-45-35-43(39-49-13-5-25-61-31-19-55,40-50-14-6-26-62-32-20-56)41-51-15-7-27-63-33-21-57/h52-57H,1-41H2. The van der Waals surface area contributed by atoms with Crippen molar-refractivity contribution in [3.63, 3.8) is 0 Å². The molecule has 0 aromatic heterocycles. The predicted molar refractivity (Wildman–Crippen MR) is 311 cm³/mol. The van der Waals surface area contributed by atoms with Crippen LogP contribution in [0, 0.1) is 10.8 Å². The highest BCUT2D eigenvalue weighted by atomic mass is 32.2. The largest absolute Gasteiger partial charge is 0.381 e. The van der Waals surface area contributed by atoms with Crippen molar-refractivity contribution in [2.75, 3.05) is 209 Å². The van der Waals surface area contributed by atoms with E-state index in [1.165, 1.54) is 0 Å². The van der Waals surface area contributed by atoms with Gasteiger partial charge in [-0.15, -0.1) is 0 Å². The lowest BCUT2D eigenvalue weighted by atomic mass is 9.92. The fourth-order valence-corrected chi connectivity index (χ4v) is 11.9. The van der Waals surface area contributed by atoms with E-state index in [1.54, 1.807) is 0 Å². The van der Waals surface area contributed by atoms with Crippen LogP contribution in [0.4, 0.5) is 0 Å². The molecule has 0 atom stereocenters. The lowest BCUT2D eigenvalue weighted by Gasteiger charge is -2.33. The molecule has 0 aromatic carbocycles. The maximum atomic E-state index is 6.47. The fourth-order valence-electron chi connectivity index (χ4n) is 5.65. The van der Waals surface area contributed by atoms with Crippen LogP contribution in [0.2, 0.25) is 0 Å². The van der Waals surface area contributed by atoms with Crippen LogP contribution in [0.5, 0.6) is 0 Å². The summed E-state index contributed by atoms with van der Waals surface area (Å²) in [5.74, 6) is 18.2. The van der Waals surface area contributed by atoms with Crippen molar-refractivity contribution in [1.82, 2.24) is 0 Å². The quantitative estimate of drug-likeness (QED) is 0.0259. The number of hydrogen-bond acceptors (Lipinski definition) is 20. The van der Waals surface area contributed by atoms with E-state index in [0.717, 1.165) is 148 Å². The monoisotopic (exact) mass is 1120 g/mol. The van der Waals surface area contributed by atoms with Gasteiger partial charge >= 0.3 is 0 Å². The van der Waals surface area contributed by atoms with Crippen LogP contribution in [0.3, 0.4) is 0 Å². The van der Waals surface area contributed by atoms with Crippen LogP contribution in [-0.2, 0) is 37.9 Å². The van der Waals surface area contributed by atoms with Crippen molar-refractivity contribution in [3.8, 4) is 0 Å². The molecule has 0 spiro atoms. The average Bonchev–Trinajstić information content (AvgIpc) is 3.29. The second-order valence-corrected chi connectivity index (χ2v) is 24.9. The van der Waals surface area contributed by atoms with Crippen molar-refractivity contribution in [2.24, 2.45) is 10.8 Å². The highest BCUT2D eigenvalue weighted by Crippen LogP contribution is 2.24. The van der Waals surface area contributed by atoms with Crippen molar-refractivity contribution in [3.05, 3.63) is 0 Å². The summed E-state index contributed by atoms with van der Waals surface area (Å²) in [6, 6.07) is 0. The molecule has 63 heavy (non-hydrogen) atoms. The Kier molecular flexibility index (Phi) is 58.6. The van der Waals surface area contributed by atoms with E-state index in [9.17, 15) is 0 Å². The van der Waals surface area contributed by atoms with E-state index in [0.29, 0.717) is 106 Å². The zero-order chi connectivity index (χ0) is 45.9. The molecule has 0 rings (SSSR count). The Balaban J connectivity index is 5.61. The maximum absolute atomic E-state index is 6.47. The van der Waals surface area contributed by atoms with Crippen LogP contribution in [0.15, 0.2) is 0 Å². The van der Waals surface area contributed by atoms with Gasteiger partial charge in [-0.3, -0.25) is 0 Å². The molecule has 380 valence electrons. The van der Waals surface area contributed by atoms with Crippen LogP contribution in [-0.4, -0.2) is 209 Å². The summed E-state index contributed by atoms with van der Waals surface area (Å²) < 4.78 is 51.1. The summed E-state index contributed by atoms with van der Waals surface area (Å²) in [5.41, 5.74) is -0.809. The number of thioether (sulfide) groups is 6. The Morgan fingerprint density at radius 3 is 0.540 bits per heavy atom. The SMILES string of the molecule is SCCSCCCOCC(COCCCOCC(COCCCSCCS)(COCCCSCCS)COCCCSCCS)(COCCCSCCS)COCCCSCCS. The molecule has 0 saturated heterocycles. The summed E-state index contributed by atoms with van der Waals surface area (Å²) >= 11 is 37.6. The molecular formula is C43H88O8S12. The van der Waals surface area contributed by atoms with Gasteiger partial charge in [0.05, 0.1) is 63.7 Å². The first-order valence-corrected chi connectivity index (χ1v) is 33.5. The van der Waals surface area contributed by atoms with E-state index in [-0.39, 0.29) is 0 Å². The van der Waals surface area contributed by atoms with Gasteiger partial charge in [0, 0.05) is 87.4 Å². The third-order valence-electron chi connectivity index (χ3n) is 8.72. The highest BCUT2D eigenvalue weighted by molar-refractivity contribution is 8.01. The molecule has 0 aliphatic carbocycles. The summed E-state index contributed by atoms with van der Waals surface area (Å²) in [5, 5.41) is 0. The predicted octanol–water partition coefficient (Wildman–Crippen LogP) is 9.80. The summed E-state index contributed by atoms with van der Waals surface area (Å²) in [4.78, 5) is 0. The third kappa shape index (κ3) is 46.7. The zero-order valence-electron chi connectivity index (χ0n) is 38.4. The highest BCUT2D eigenvalue weighted by Gasteiger charge is 2.34. The second kappa shape index (κ2) is 55.2. The second-order valence-electron chi connectivity index (χ2n) is 14.9. The Labute approximate surface area is 445 Å². The van der Waals surface area contributed by atoms with E-state index < -0.39 is 10.8 Å². The lowest BCUT2D eigenvalue weighted by molar-refractivity contribution is -0.114. The molecule has 20 heteroatoms. The first kappa shape index (κ1) is 66.9. The molecule has 0 fully saturated rings. The first-order chi connectivity index (χ1) is 31.1. The van der Waals surface area contributed by atoms with E-state index in [1.807, 2.05) is 70.6 Å². The van der Waals surface area contributed by atoms with Crippen molar-refractivity contribution in [1.29, 1.82) is 0 Å². The molecule has 0 N–H and O–H groups in total. The zero-order valence-corrected chi connectivity index (χ0v) is 48.7. The number of hydrogen-bond donors (Lipinski definition) is 6. The van der Waals surface area contributed by atoms with Crippen LogP contribution in [0.1, 0.15) is 44.9 Å². The average molecular weight is 1120 g/mol. The smallest absolute Gasteiger partial charge is 0.0637 e. The molecule has 0 aliphatic rings. The van der Waals surface area contributed by atoms with Gasteiger partial charge in [-0.05, 0) is 114 Å². The Morgan fingerprint density at radius 2 is 0.381 bits per heavy atom. The van der Waals surface area contributed by atoms with Crippen LogP contribution in [0.25, 0.3) is 0 Å². The van der Waals surface area contributed by atoms with Gasteiger partial charge in [0.1, 0.15) is 0 Å². The lowest BCUT2D eigenvalue weighted by Crippen LogP contribution is -2.42. The topological polar surface area (TPSA) is 73.8 Å². The Bertz CT molecular complexity index is 728. The van der Waals surface area contributed by atoms with Gasteiger partial charge in [-0.1, -0.05) is 0 Å². The van der Waals surface area contributed by atoms with Gasteiger partial charge in [-0.25, -0.2) is 0 Å². The third-order valence-corrected chi connectivity index (χ3v) is 18.3. The van der Waals surface area contributed by atoms with Gasteiger partial charge in [0.15, 0.2) is 0 Å². The maximum Gasteiger partial charge on any atom is 0.0637 e. The number of ether oxygens (including phenoxy) is 8. The minimum Gasteiger partial charge on any atom is -0.381 e. The van der Waals surface area contributed by atoms with E-state index in [4.69, 9.17) is 37.9 Å². The van der Waals surface area contributed by atoms with Crippen molar-refractivity contribution in [2.45, 2.75) is 44.9 Å². The van der Waals surface area contributed by atoms with E-state index >= 15 is 0 Å². The molecule has 0 amide bonds. The van der Waals surface area contributed by atoms with Gasteiger partial charge < -0.3 is 37.9 Å². The molecule has 0 bridgehead atoms. The fraction of sp³-hybridized carbons (Fsp3) is 1.00. The summed E-state index contributed by atoms with van der Waals surface area (Å²) in [7, 11) is 0. The molecule has 0 unspecified atom stereocenters. The molecular weight excluding hydrogens is 1030 g/mol. The number of thiol groups is 6. The first-order valence-electron chi connectivity index (χ1n) is 22.8. The summed E-state index contributed by atoms with van der Waals surface area (Å²) in [6.07, 6.45) is 6.77. The van der Waals surface area contributed by atoms with Gasteiger partial charge in [0.25, 0.3) is 0 Å². The van der Waals surface area contributed by atoms with Crippen molar-refractivity contribution < 1.29 is 37.9 Å². The molecule has 0 radical (unpaired) electrons. The van der Waals surface area contributed by atoms with Gasteiger partial charge in [0.2, 0.25) is 0 Å². The molecule has 0 aromatic rings. The van der Waals surface area contributed by atoms with Crippen LogP contribution >= 0.6 is 146 Å². The molecule has 8 nitrogen and oxygen atoms in total. The number of rotatable bonds is 56.